The fourth-order valence-electron chi connectivity index (χ4n) is 3.06. The molecular formula is C17H28N4O3. The zero-order valence-corrected chi connectivity index (χ0v) is 14.9. The van der Waals surface area contributed by atoms with E-state index in [9.17, 15) is 9.59 Å². The van der Waals surface area contributed by atoms with Gasteiger partial charge in [-0.3, -0.25) is 14.5 Å². The maximum absolute atomic E-state index is 12.8. The Labute approximate surface area is 143 Å². The minimum absolute atomic E-state index is 0.0929. The Bertz CT molecular complexity index is 602. The molecule has 1 aromatic rings. The number of piperazine rings is 1. The van der Waals surface area contributed by atoms with E-state index in [1.807, 2.05) is 11.8 Å². The van der Waals surface area contributed by atoms with E-state index in [1.165, 1.54) is 16.8 Å². The van der Waals surface area contributed by atoms with Crippen LogP contribution in [0.3, 0.4) is 0 Å². The second kappa shape index (κ2) is 8.94. The predicted octanol–water partition coefficient (Wildman–Crippen LogP) is 0.836. The summed E-state index contributed by atoms with van der Waals surface area (Å²) in [7, 11) is 1.71. The first-order valence-corrected chi connectivity index (χ1v) is 8.71. The molecule has 7 nitrogen and oxygen atoms in total. The molecule has 0 spiro atoms. The molecule has 0 unspecified atom stereocenters. The SMILES string of the molecule is CCCn1nc(C(=O)N2CCN(CCOC)[C@@H](CC)C2)ccc1=O. The molecule has 0 saturated carbocycles. The van der Waals surface area contributed by atoms with Crippen molar-refractivity contribution >= 4 is 5.91 Å². The van der Waals surface area contributed by atoms with E-state index in [0.717, 1.165) is 25.9 Å². The van der Waals surface area contributed by atoms with Gasteiger partial charge in [-0.15, -0.1) is 0 Å². The average molecular weight is 336 g/mol. The van der Waals surface area contributed by atoms with E-state index in [2.05, 4.69) is 16.9 Å². The van der Waals surface area contributed by atoms with Crippen molar-refractivity contribution < 1.29 is 9.53 Å². The van der Waals surface area contributed by atoms with Crippen LogP contribution < -0.4 is 5.56 Å². The van der Waals surface area contributed by atoms with Crippen molar-refractivity contribution in [2.24, 2.45) is 0 Å². The molecule has 1 aliphatic rings. The van der Waals surface area contributed by atoms with E-state index >= 15 is 0 Å². The first-order chi connectivity index (χ1) is 11.6. The Morgan fingerprint density at radius 2 is 2.08 bits per heavy atom. The number of carbonyl (C=O) groups excluding carboxylic acids is 1. The summed E-state index contributed by atoms with van der Waals surface area (Å²) in [6.45, 7) is 8.43. The molecule has 1 amide bonds. The third kappa shape index (κ3) is 4.42. The largest absolute Gasteiger partial charge is 0.383 e. The minimum Gasteiger partial charge on any atom is -0.383 e. The number of aryl methyl sites for hydroxylation is 1. The van der Waals surface area contributed by atoms with Crippen molar-refractivity contribution in [2.75, 3.05) is 39.9 Å². The first kappa shape index (κ1) is 18.6. The van der Waals surface area contributed by atoms with E-state index in [1.54, 1.807) is 7.11 Å². The lowest BCUT2D eigenvalue weighted by Crippen LogP contribution is -2.55. The van der Waals surface area contributed by atoms with Gasteiger partial charge in [0.15, 0.2) is 0 Å². The number of rotatable bonds is 7. The molecular weight excluding hydrogens is 308 g/mol. The monoisotopic (exact) mass is 336 g/mol. The summed E-state index contributed by atoms with van der Waals surface area (Å²) in [5.74, 6) is -0.0929. The van der Waals surface area contributed by atoms with Gasteiger partial charge in [-0.1, -0.05) is 13.8 Å². The highest BCUT2D eigenvalue weighted by Gasteiger charge is 2.29. The van der Waals surface area contributed by atoms with Gasteiger partial charge in [0.05, 0.1) is 6.61 Å². The first-order valence-electron chi connectivity index (χ1n) is 8.71. The van der Waals surface area contributed by atoms with Gasteiger partial charge in [0, 0.05) is 51.9 Å². The summed E-state index contributed by atoms with van der Waals surface area (Å²) in [6, 6.07) is 3.30. The third-order valence-corrected chi connectivity index (χ3v) is 4.47. The number of ether oxygens (including phenoxy) is 1. The van der Waals surface area contributed by atoms with E-state index < -0.39 is 0 Å². The number of nitrogens with zero attached hydrogens (tertiary/aromatic N) is 4. The highest BCUT2D eigenvalue weighted by Crippen LogP contribution is 2.14. The molecule has 0 aromatic carbocycles. The van der Waals surface area contributed by atoms with E-state index in [0.29, 0.717) is 38.0 Å². The van der Waals surface area contributed by atoms with E-state index in [-0.39, 0.29) is 11.5 Å². The number of hydrogen-bond acceptors (Lipinski definition) is 5. The molecule has 0 N–H and O–H groups in total. The Morgan fingerprint density at radius 1 is 1.29 bits per heavy atom. The maximum Gasteiger partial charge on any atom is 0.274 e. The quantitative estimate of drug-likeness (QED) is 0.738. The fourth-order valence-corrected chi connectivity index (χ4v) is 3.06. The van der Waals surface area contributed by atoms with Gasteiger partial charge in [-0.25, -0.2) is 4.68 Å². The van der Waals surface area contributed by atoms with Crippen LogP contribution in [0.15, 0.2) is 16.9 Å². The standard InChI is InChI=1S/C17H28N4O3/c1-4-8-21-16(22)7-6-15(18-21)17(23)20-10-9-19(11-12-24-3)14(5-2)13-20/h6-7,14H,4-5,8-13H2,1-3H3/t14-/m0/s1. The van der Waals surface area contributed by atoms with Gasteiger partial charge in [0.2, 0.25) is 0 Å². The zero-order valence-electron chi connectivity index (χ0n) is 14.9. The van der Waals surface area contributed by atoms with Gasteiger partial charge in [0.25, 0.3) is 11.5 Å². The molecule has 0 radical (unpaired) electrons. The van der Waals surface area contributed by atoms with Crippen molar-refractivity contribution in [1.29, 1.82) is 0 Å². The number of amides is 1. The Balaban J connectivity index is 2.08. The Morgan fingerprint density at radius 3 is 2.75 bits per heavy atom. The Hall–Kier alpha value is -1.73. The van der Waals surface area contributed by atoms with Crippen molar-refractivity contribution in [1.82, 2.24) is 19.6 Å². The van der Waals surface area contributed by atoms with Gasteiger partial charge in [-0.05, 0) is 18.9 Å². The zero-order chi connectivity index (χ0) is 17.5. The number of hydrogen-bond donors (Lipinski definition) is 0. The van der Waals surface area contributed by atoms with Crippen LogP contribution in [-0.2, 0) is 11.3 Å². The number of carbonyl (C=O) groups is 1. The van der Waals surface area contributed by atoms with E-state index in [4.69, 9.17) is 4.74 Å². The lowest BCUT2D eigenvalue weighted by atomic mass is 10.1. The highest BCUT2D eigenvalue weighted by molar-refractivity contribution is 5.92. The van der Waals surface area contributed by atoms with Gasteiger partial charge in [-0.2, -0.15) is 5.10 Å². The summed E-state index contributed by atoms with van der Waals surface area (Å²) < 4.78 is 6.54. The molecule has 0 bridgehead atoms. The second-order valence-corrected chi connectivity index (χ2v) is 6.12. The molecule has 7 heteroatoms. The van der Waals surface area contributed by atoms with Crippen LogP contribution in [-0.4, -0.2) is 71.4 Å². The number of methoxy groups -OCH3 is 1. The van der Waals surface area contributed by atoms with Crippen molar-refractivity contribution in [2.45, 2.75) is 39.3 Å². The summed E-state index contributed by atoms with van der Waals surface area (Å²) in [5.41, 5.74) is 0.187. The van der Waals surface area contributed by atoms with Gasteiger partial charge < -0.3 is 9.64 Å². The van der Waals surface area contributed by atoms with Crippen LogP contribution in [0.1, 0.15) is 37.2 Å². The summed E-state index contributed by atoms with van der Waals surface area (Å²) in [4.78, 5) is 28.7. The van der Waals surface area contributed by atoms with Crippen LogP contribution in [0, 0.1) is 0 Å². The van der Waals surface area contributed by atoms with Crippen LogP contribution in [0.4, 0.5) is 0 Å². The molecule has 0 aliphatic carbocycles. The molecule has 1 aliphatic heterocycles. The predicted molar refractivity (Wildman–Crippen MR) is 92.2 cm³/mol. The van der Waals surface area contributed by atoms with Crippen LogP contribution in [0.2, 0.25) is 0 Å². The van der Waals surface area contributed by atoms with Crippen molar-refractivity contribution in [3.8, 4) is 0 Å². The average Bonchev–Trinajstić information content (AvgIpc) is 2.61. The fraction of sp³-hybridized carbons (Fsp3) is 0.706. The maximum atomic E-state index is 12.8. The summed E-state index contributed by atoms with van der Waals surface area (Å²) in [6.07, 6.45) is 1.79. The highest BCUT2D eigenvalue weighted by atomic mass is 16.5. The molecule has 2 rings (SSSR count). The van der Waals surface area contributed by atoms with Crippen molar-refractivity contribution in [3.63, 3.8) is 0 Å². The van der Waals surface area contributed by atoms with Gasteiger partial charge >= 0.3 is 0 Å². The third-order valence-electron chi connectivity index (χ3n) is 4.47. The molecule has 2 heterocycles. The van der Waals surface area contributed by atoms with Crippen molar-refractivity contribution in [3.05, 3.63) is 28.2 Å². The smallest absolute Gasteiger partial charge is 0.274 e. The molecule has 24 heavy (non-hydrogen) atoms. The molecule has 1 fully saturated rings. The molecule has 1 atom stereocenters. The topological polar surface area (TPSA) is 67.7 Å². The number of aromatic nitrogens is 2. The molecule has 134 valence electrons. The summed E-state index contributed by atoms with van der Waals surface area (Å²) in [5, 5.41) is 4.24. The lowest BCUT2D eigenvalue weighted by molar-refractivity contribution is 0.0379. The summed E-state index contributed by atoms with van der Waals surface area (Å²) >= 11 is 0. The Kier molecular flexibility index (Phi) is 6.93. The second-order valence-electron chi connectivity index (χ2n) is 6.12. The normalized spacial score (nSPS) is 18.8. The van der Waals surface area contributed by atoms with Crippen LogP contribution in [0.25, 0.3) is 0 Å². The lowest BCUT2D eigenvalue weighted by Gasteiger charge is -2.41. The minimum atomic E-state index is -0.163. The van der Waals surface area contributed by atoms with Crippen LogP contribution >= 0.6 is 0 Å². The van der Waals surface area contributed by atoms with Crippen LogP contribution in [0.5, 0.6) is 0 Å². The molecule has 1 saturated heterocycles. The van der Waals surface area contributed by atoms with Gasteiger partial charge in [0.1, 0.15) is 5.69 Å². The molecule has 1 aromatic heterocycles.